The molecule has 1 aliphatic heterocycles. The molecule has 0 aliphatic carbocycles. The lowest BCUT2D eigenvalue weighted by Gasteiger charge is -2.01. The molecule has 10 heteroatoms. The number of hydrogen-bond acceptors (Lipinski definition) is 6. The zero-order valence-electron chi connectivity index (χ0n) is 11.7. The first-order chi connectivity index (χ1) is 10.1. The Hall–Kier alpha value is -2.49. The fraction of sp³-hybridized carbons (Fsp3) is 0.583. The fourth-order valence-corrected chi connectivity index (χ4v) is 1.54. The molecule has 1 saturated heterocycles. The summed E-state index contributed by atoms with van der Waals surface area (Å²) in [5, 5.41) is 26.7. The number of imide groups is 1. The van der Waals surface area contributed by atoms with E-state index in [1.807, 2.05) is 0 Å². The molecule has 0 radical (unpaired) electrons. The van der Waals surface area contributed by atoms with Crippen LogP contribution in [0.4, 0.5) is 0 Å². The normalized spacial score (nSPS) is 18.0. The maximum atomic E-state index is 10.9. The molecule has 10 nitrogen and oxygen atoms in total. The van der Waals surface area contributed by atoms with Crippen LogP contribution >= 0.6 is 0 Å². The number of rotatable bonds is 7. The molecule has 0 aromatic rings. The lowest BCUT2D eigenvalue weighted by molar-refractivity contribution is -0.140. The van der Waals surface area contributed by atoms with E-state index in [4.69, 9.17) is 21.1 Å². The Morgan fingerprint density at radius 2 is 1.68 bits per heavy atom. The number of carbonyl (C=O) groups is 5. The summed E-state index contributed by atoms with van der Waals surface area (Å²) in [6.07, 6.45) is 0.0858. The molecule has 1 heterocycles. The monoisotopic (exact) mass is 318 g/mol. The van der Waals surface area contributed by atoms with Crippen molar-refractivity contribution in [2.45, 2.75) is 38.1 Å². The molecule has 0 saturated carbocycles. The number of hydrogen-bond donors (Lipinski definition) is 5. The summed E-state index contributed by atoms with van der Waals surface area (Å²) < 4.78 is 0. The Morgan fingerprint density at radius 3 is 2.05 bits per heavy atom. The van der Waals surface area contributed by atoms with Gasteiger partial charge in [-0.25, -0.2) is 0 Å². The largest absolute Gasteiger partial charge is 0.481 e. The quantitative estimate of drug-likeness (QED) is 0.359. The second kappa shape index (κ2) is 9.45. The highest BCUT2D eigenvalue weighted by atomic mass is 16.4. The summed E-state index contributed by atoms with van der Waals surface area (Å²) in [6, 6.07) is -1.06. The number of nitrogens with two attached hydrogens (primary N) is 1. The van der Waals surface area contributed by atoms with Gasteiger partial charge in [-0.3, -0.25) is 29.3 Å². The second-order valence-corrected chi connectivity index (χ2v) is 4.62. The first-order valence-corrected chi connectivity index (χ1v) is 6.39. The van der Waals surface area contributed by atoms with E-state index in [-0.39, 0.29) is 43.9 Å². The number of carbonyl (C=O) groups excluding carboxylic acids is 2. The van der Waals surface area contributed by atoms with Crippen LogP contribution in [0.25, 0.3) is 0 Å². The van der Waals surface area contributed by atoms with E-state index in [1.54, 1.807) is 0 Å². The molecular weight excluding hydrogens is 300 g/mol. The molecule has 1 rings (SSSR count). The molecule has 0 spiro atoms. The predicted molar refractivity (Wildman–Crippen MR) is 70.6 cm³/mol. The molecule has 0 unspecified atom stereocenters. The SMILES string of the molecule is N[C@H](CCC(=O)O)C(=O)O.O=C(O)CC[C@H]1CC(=O)NC1=O. The van der Waals surface area contributed by atoms with Crippen molar-refractivity contribution in [3.8, 4) is 0 Å². The molecule has 124 valence electrons. The van der Waals surface area contributed by atoms with Crippen molar-refractivity contribution in [1.82, 2.24) is 5.32 Å². The van der Waals surface area contributed by atoms with Crippen molar-refractivity contribution in [2.75, 3.05) is 0 Å². The first kappa shape index (κ1) is 19.5. The van der Waals surface area contributed by atoms with Gasteiger partial charge in [0.1, 0.15) is 6.04 Å². The van der Waals surface area contributed by atoms with Crippen LogP contribution in [0.15, 0.2) is 0 Å². The number of amides is 2. The van der Waals surface area contributed by atoms with Crippen molar-refractivity contribution in [2.24, 2.45) is 11.7 Å². The van der Waals surface area contributed by atoms with Gasteiger partial charge >= 0.3 is 17.9 Å². The number of carboxylic acids is 3. The highest BCUT2D eigenvalue weighted by Gasteiger charge is 2.30. The minimum Gasteiger partial charge on any atom is -0.481 e. The van der Waals surface area contributed by atoms with Gasteiger partial charge in [0.05, 0.1) is 0 Å². The fourth-order valence-electron chi connectivity index (χ4n) is 1.54. The van der Waals surface area contributed by atoms with Crippen LogP contribution in [-0.2, 0) is 24.0 Å². The third-order valence-corrected chi connectivity index (χ3v) is 2.76. The summed E-state index contributed by atoms with van der Waals surface area (Å²) >= 11 is 0. The molecular formula is C12H18N2O8. The molecule has 0 bridgehead atoms. The Labute approximate surface area is 125 Å². The van der Waals surface area contributed by atoms with Gasteiger partial charge in [0.2, 0.25) is 11.8 Å². The Morgan fingerprint density at radius 1 is 1.14 bits per heavy atom. The first-order valence-electron chi connectivity index (χ1n) is 6.39. The average Bonchev–Trinajstić information content (AvgIpc) is 2.72. The number of nitrogens with one attached hydrogen (secondary N) is 1. The Kier molecular flexibility index (Phi) is 8.38. The van der Waals surface area contributed by atoms with Gasteiger partial charge in [-0.05, 0) is 12.8 Å². The molecule has 2 atom stereocenters. The van der Waals surface area contributed by atoms with Gasteiger partial charge < -0.3 is 21.1 Å². The molecule has 22 heavy (non-hydrogen) atoms. The number of carboxylic acid groups (broad SMARTS) is 3. The minimum absolute atomic E-state index is 0.0231. The summed E-state index contributed by atoms with van der Waals surface area (Å²) in [6.45, 7) is 0. The lowest BCUT2D eigenvalue weighted by Crippen LogP contribution is -2.30. The van der Waals surface area contributed by atoms with Crippen molar-refractivity contribution in [3.63, 3.8) is 0 Å². The zero-order valence-corrected chi connectivity index (χ0v) is 11.7. The van der Waals surface area contributed by atoms with Gasteiger partial charge in [-0.1, -0.05) is 0 Å². The minimum atomic E-state index is -1.17. The Balaban J connectivity index is 0.000000409. The lowest BCUT2D eigenvalue weighted by atomic mass is 10.0. The van der Waals surface area contributed by atoms with Gasteiger partial charge in [0.15, 0.2) is 0 Å². The van der Waals surface area contributed by atoms with Crippen LogP contribution in [0.3, 0.4) is 0 Å². The number of aliphatic carboxylic acids is 3. The Bertz CT molecular complexity index is 462. The van der Waals surface area contributed by atoms with Gasteiger partial charge in [-0.2, -0.15) is 0 Å². The summed E-state index contributed by atoms with van der Waals surface area (Å²) in [5.41, 5.74) is 5.00. The van der Waals surface area contributed by atoms with Crippen molar-refractivity contribution < 1.29 is 39.3 Å². The van der Waals surface area contributed by atoms with Crippen LogP contribution in [0.1, 0.15) is 32.1 Å². The third kappa shape index (κ3) is 8.64. The molecule has 1 fully saturated rings. The summed E-state index contributed by atoms with van der Waals surface area (Å²) in [4.78, 5) is 51.5. The third-order valence-electron chi connectivity index (χ3n) is 2.76. The second-order valence-electron chi connectivity index (χ2n) is 4.62. The van der Waals surface area contributed by atoms with Crippen molar-refractivity contribution in [3.05, 3.63) is 0 Å². The maximum absolute atomic E-state index is 10.9. The summed E-state index contributed by atoms with van der Waals surface area (Å²) in [5.74, 6) is -4.23. The van der Waals surface area contributed by atoms with Crippen LogP contribution < -0.4 is 11.1 Å². The highest BCUT2D eigenvalue weighted by molar-refractivity contribution is 6.03. The smallest absolute Gasteiger partial charge is 0.320 e. The average molecular weight is 318 g/mol. The van der Waals surface area contributed by atoms with Crippen LogP contribution in [0, 0.1) is 5.92 Å². The van der Waals surface area contributed by atoms with Crippen LogP contribution in [0.5, 0.6) is 0 Å². The van der Waals surface area contributed by atoms with E-state index in [1.165, 1.54) is 0 Å². The van der Waals surface area contributed by atoms with Gasteiger partial charge in [-0.15, -0.1) is 0 Å². The van der Waals surface area contributed by atoms with Gasteiger partial charge in [0, 0.05) is 25.2 Å². The van der Waals surface area contributed by atoms with E-state index in [2.05, 4.69) is 5.32 Å². The van der Waals surface area contributed by atoms with Crippen molar-refractivity contribution in [1.29, 1.82) is 0 Å². The van der Waals surface area contributed by atoms with E-state index >= 15 is 0 Å². The summed E-state index contributed by atoms with van der Waals surface area (Å²) in [7, 11) is 0. The highest BCUT2D eigenvalue weighted by Crippen LogP contribution is 2.16. The zero-order chi connectivity index (χ0) is 17.3. The van der Waals surface area contributed by atoms with Crippen LogP contribution in [-0.4, -0.2) is 51.1 Å². The van der Waals surface area contributed by atoms with E-state index in [0.29, 0.717) is 0 Å². The van der Waals surface area contributed by atoms with Crippen LogP contribution in [0.2, 0.25) is 0 Å². The molecule has 0 aromatic carbocycles. The molecule has 1 aliphatic rings. The van der Waals surface area contributed by atoms with E-state index in [9.17, 15) is 24.0 Å². The maximum Gasteiger partial charge on any atom is 0.320 e. The van der Waals surface area contributed by atoms with Gasteiger partial charge in [0.25, 0.3) is 0 Å². The molecule has 0 aromatic heterocycles. The standard InChI is InChI=1S/C7H9NO4.C5H9NO4/c9-5-3-4(7(12)8-5)1-2-6(10)11;6-3(5(9)10)1-2-4(7)8/h4H,1-3H2,(H,10,11)(H,8,9,12);3H,1-2,6H2,(H,7,8)(H,9,10)/t4-;3-/m01/s1. The van der Waals surface area contributed by atoms with E-state index < -0.39 is 29.9 Å². The molecule has 2 amide bonds. The topological polar surface area (TPSA) is 184 Å². The van der Waals surface area contributed by atoms with E-state index in [0.717, 1.165) is 0 Å². The molecule has 6 N–H and O–H groups in total. The van der Waals surface area contributed by atoms with Crippen molar-refractivity contribution >= 4 is 29.7 Å². The predicted octanol–water partition coefficient (Wildman–Crippen LogP) is -1.22.